The van der Waals surface area contributed by atoms with Crippen molar-refractivity contribution in [1.29, 1.82) is 0 Å². The number of nitrogens with one attached hydrogen (secondary N) is 1. The van der Waals surface area contributed by atoms with Crippen molar-refractivity contribution in [2.75, 3.05) is 0 Å². The van der Waals surface area contributed by atoms with E-state index in [0.29, 0.717) is 6.54 Å². The van der Waals surface area contributed by atoms with E-state index in [4.69, 9.17) is 0 Å². The molecule has 0 fully saturated rings. The number of hydrogen-bond donors (Lipinski definition) is 2. The van der Waals surface area contributed by atoms with E-state index in [1.807, 2.05) is 36.4 Å². The minimum Gasteiger partial charge on any atom is -0.508 e. The molecular weight excluding hydrogens is 212 g/mol. The van der Waals surface area contributed by atoms with Crippen LogP contribution >= 0.6 is 0 Å². The van der Waals surface area contributed by atoms with Crippen LogP contribution in [0.4, 0.5) is 0 Å². The van der Waals surface area contributed by atoms with E-state index in [1.54, 1.807) is 24.4 Å². The van der Waals surface area contributed by atoms with Gasteiger partial charge >= 0.3 is 0 Å². The third-order valence-electron chi connectivity index (χ3n) is 2.30. The van der Waals surface area contributed by atoms with Gasteiger partial charge < -0.3 is 10.5 Å². The number of hydrazone groups is 1. The van der Waals surface area contributed by atoms with Crippen LogP contribution in [0.1, 0.15) is 11.1 Å². The molecule has 0 aliphatic heterocycles. The predicted octanol–water partition coefficient (Wildman–Crippen LogP) is 2.52. The zero-order chi connectivity index (χ0) is 11.9. The first kappa shape index (κ1) is 11.2. The molecule has 2 aromatic rings. The number of benzene rings is 2. The van der Waals surface area contributed by atoms with Crippen LogP contribution in [0.5, 0.6) is 5.75 Å². The molecule has 2 N–H and O–H groups in total. The molecule has 2 rings (SSSR count). The lowest BCUT2D eigenvalue weighted by atomic mass is 10.2. The Kier molecular flexibility index (Phi) is 3.76. The highest BCUT2D eigenvalue weighted by atomic mass is 16.3. The quantitative estimate of drug-likeness (QED) is 0.621. The number of aromatic hydroxyl groups is 1. The van der Waals surface area contributed by atoms with Gasteiger partial charge in [-0.1, -0.05) is 42.5 Å². The van der Waals surface area contributed by atoms with Crippen molar-refractivity contribution in [3.8, 4) is 5.75 Å². The van der Waals surface area contributed by atoms with E-state index in [2.05, 4.69) is 10.5 Å². The van der Waals surface area contributed by atoms with Gasteiger partial charge in [-0.25, -0.2) is 0 Å². The first-order valence-corrected chi connectivity index (χ1v) is 5.43. The largest absolute Gasteiger partial charge is 0.508 e. The zero-order valence-electron chi connectivity index (χ0n) is 9.38. The van der Waals surface area contributed by atoms with E-state index < -0.39 is 0 Å². The summed E-state index contributed by atoms with van der Waals surface area (Å²) in [7, 11) is 0. The fourth-order valence-corrected chi connectivity index (χ4v) is 1.46. The summed E-state index contributed by atoms with van der Waals surface area (Å²) < 4.78 is 0. The Morgan fingerprint density at radius 1 is 1.06 bits per heavy atom. The number of nitrogens with zero attached hydrogens (tertiary/aromatic N) is 1. The molecule has 0 radical (unpaired) electrons. The van der Waals surface area contributed by atoms with Crippen LogP contribution < -0.4 is 5.43 Å². The van der Waals surface area contributed by atoms with E-state index in [0.717, 1.165) is 5.56 Å². The van der Waals surface area contributed by atoms with Crippen molar-refractivity contribution < 1.29 is 5.11 Å². The fraction of sp³-hybridized carbons (Fsp3) is 0.0714. The molecule has 0 unspecified atom stereocenters. The highest BCUT2D eigenvalue weighted by Gasteiger charge is 1.90. The van der Waals surface area contributed by atoms with E-state index >= 15 is 0 Å². The zero-order valence-corrected chi connectivity index (χ0v) is 9.38. The highest BCUT2D eigenvalue weighted by Crippen LogP contribution is 2.08. The molecule has 2 aromatic carbocycles. The Labute approximate surface area is 100 Å². The number of hydrogen-bond acceptors (Lipinski definition) is 3. The standard InChI is InChI=1S/C14H14N2O/c17-14-8-4-7-13(9-14)11-16-15-10-12-5-2-1-3-6-12/h1-9,11,15,17H,10H2. The summed E-state index contributed by atoms with van der Waals surface area (Å²) in [6.07, 6.45) is 1.68. The van der Waals surface area contributed by atoms with Gasteiger partial charge in [-0.15, -0.1) is 0 Å². The van der Waals surface area contributed by atoms with Crippen molar-refractivity contribution >= 4 is 6.21 Å². The summed E-state index contributed by atoms with van der Waals surface area (Å²) in [5.74, 6) is 0.247. The maximum absolute atomic E-state index is 9.27. The Balaban J connectivity index is 1.86. The number of rotatable bonds is 4. The highest BCUT2D eigenvalue weighted by molar-refractivity contribution is 5.79. The Bertz CT molecular complexity index is 495. The molecule has 17 heavy (non-hydrogen) atoms. The fourth-order valence-electron chi connectivity index (χ4n) is 1.46. The van der Waals surface area contributed by atoms with Crippen LogP contribution in [0.15, 0.2) is 59.7 Å². The van der Waals surface area contributed by atoms with Crippen molar-refractivity contribution in [2.45, 2.75) is 6.54 Å². The Morgan fingerprint density at radius 3 is 2.65 bits per heavy atom. The van der Waals surface area contributed by atoms with Gasteiger partial charge in [0.15, 0.2) is 0 Å². The Hall–Kier alpha value is -2.29. The van der Waals surface area contributed by atoms with Crippen LogP contribution in [0.2, 0.25) is 0 Å². The van der Waals surface area contributed by atoms with Gasteiger partial charge in [0.1, 0.15) is 5.75 Å². The van der Waals surface area contributed by atoms with Crippen molar-refractivity contribution in [3.05, 3.63) is 65.7 Å². The van der Waals surface area contributed by atoms with E-state index in [9.17, 15) is 5.11 Å². The van der Waals surface area contributed by atoms with Gasteiger partial charge in [0, 0.05) is 0 Å². The lowest BCUT2D eigenvalue weighted by Crippen LogP contribution is -2.05. The van der Waals surface area contributed by atoms with Crippen LogP contribution in [0.25, 0.3) is 0 Å². The molecule has 86 valence electrons. The normalized spacial score (nSPS) is 10.6. The topological polar surface area (TPSA) is 44.6 Å². The van der Waals surface area contributed by atoms with Crippen molar-refractivity contribution in [2.24, 2.45) is 5.10 Å². The molecule has 0 saturated carbocycles. The van der Waals surface area contributed by atoms with Gasteiger partial charge in [-0.3, -0.25) is 0 Å². The average Bonchev–Trinajstić information content (AvgIpc) is 2.36. The SMILES string of the molecule is Oc1cccc(C=NNCc2ccccc2)c1. The third-order valence-corrected chi connectivity index (χ3v) is 2.30. The van der Waals surface area contributed by atoms with E-state index in [-0.39, 0.29) is 5.75 Å². The van der Waals surface area contributed by atoms with Gasteiger partial charge in [0.05, 0.1) is 12.8 Å². The molecule has 0 aliphatic carbocycles. The van der Waals surface area contributed by atoms with Crippen LogP contribution in [0, 0.1) is 0 Å². The second kappa shape index (κ2) is 5.70. The number of phenolic OH excluding ortho intramolecular Hbond substituents is 1. The summed E-state index contributed by atoms with van der Waals surface area (Å²) in [4.78, 5) is 0. The molecule has 0 amide bonds. The van der Waals surface area contributed by atoms with Gasteiger partial charge in [-0.2, -0.15) is 5.10 Å². The monoisotopic (exact) mass is 226 g/mol. The summed E-state index contributed by atoms with van der Waals surface area (Å²) in [5.41, 5.74) is 5.00. The van der Waals surface area contributed by atoms with Gasteiger partial charge in [0.25, 0.3) is 0 Å². The van der Waals surface area contributed by atoms with Gasteiger partial charge in [0.2, 0.25) is 0 Å². The summed E-state index contributed by atoms with van der Waals surface area (Å²) in [6.45, 7) is 0.691. The minimum atomic E-state index is 0.247. The maximum atomic E-state index is 9.27. The summed E-state index contributed by atoms with van der Waals surface area (Å²) in [5, 5.41) is 13.4. The molecule has 0 heterocycles. The lowest BCUT2D eigenvalue weighted by Gasteiger charge is -2.00. The minimum absolute atomic E-state index is 0.247. The second-order valence-electron chi connectivity index (χ2n) is 3.67. The van der Waals surface area contributed by atoms with Gasteiger partial charge in [-0.05, 0) is 23.3 Å². The van der Waals surface area contributed by atoms with E-state index in [1.165, 1.54) is 5.56 Å². The Morgan fingerprint density at radius 2 is 1.88 bits per heavy atom. The molecule has 0 aliphatic rings. The average molecular weight is 226 g/mol. The smallest absolute Gasteiger partial charge is 0.116 e. The first-order valence-electron chi connectivity index (χ1n) is 5.43. The molecule has 0 aromatic heterocycles. The molecule has 3 nitrogen and oxygen atoms in total. The van der Waals surface area contributed by atoms with Crippen molar-refractivity contribution in [1.82, 2.24) is 5.43 Å². The molecule has 0 atom stereocenters. The number of phenols is 1. The van der Waals surface area contributed by atoms with Crippen LogP contribution in [0.3, 0.4) is 0 Å². The lowest BCUT2D eigenvalue weighted by molar-refractivity contribution is 0.475. The molecule has 0 spiro atoms. The molecule has 0 bridgehead atoms. The molecule has 3 heteroatoms. The van der Waals surface area contributed by atoms with Crippen LogP contribution in [-0.2, 0) is 6.54 Å². The molecular formula is C14H14N2O. The summed E-state index contributed by atoms with van der Waals surface area (Å²) >= 11 is 0. The van der Waals surface area contributed by atoms with Crippen molar-refractivity contribution in [3.63, 3.8) is 0 Å². The predicted molar refractivity (Wildman–Crippen MR) is 69.0 cm³/mol. The van der Waals surface area contributed by atoms with Crippen LogP contribution in [-0.4, -0.2) is 11.3 Å². The summed E-state index contributed by atoms with van der Waals surface area (Å²) in [6, 6.07) is 17.0. The second-order valence-corrected chi connectivity index (χ2v) is 3.67. The molecule has 0 saturated heterocycles. The third kappa shape index (κ3) is 3.65. The maximum Gasteiger partial charge on any atom is 0.116 e. The first-order chi connectivity index (χ1) is 8.34.